The van der Waals surface area contributed by atoms with E-state index in [1.54, 1.807) is 37.1 Å². The van der Waals surface area contributed by atoms with E-state index in [4.69, 9.17) is 5.11 Å². The molecule has 7 nitrogen and oxygen atoms in total. The number of fused-ring (bicyclic) bond motifs is 1. The molecule has 1 aromatic heterocycles. The van der Waals surface area contributed by atoms with Crippen LogP contribution < -0.4 is 4.90 Å². The Hall–Kier alpha value is -2.70. The van der Waals surface area contributed by atoms with Crippen LogP contribution in [0.15, 0.2) is 24.3 Å². The van der Waals surface area contributed by atoms with E-state index < -0.39 is 10.9 Å². The molecule has 0 spiro atoms. The number of carboxylic acid groups (broad SMARTS) is 1. The van der Waals surface area contributed by atoms with Crippen LogP contribution in [0.4, 0.5) is 11.4 Å². The third-order valence-corrected chi connectivity index (χ3v) is 3.19. The van der Waals surface area contributed by atoms with E-state index >= 15 is 0 Å². The lowest BCUT2D eigenvalue weighted by Gasteiger charge is -2.20. The second-order valence-corrected chi connectivity index (χ2v) is 4.78. The van der Waals surface area contributed by atoms with Gasteiger partial charge in [0.05, 0.1) is 11.3 Å². The average Bonchev–Trinajstić information content (AvgIpc) is 2.42. The zero-order chi connectivity index (χ0) is 15.6. The number of para-hydroxylation sites is 1. The van der Waals surface area contributed by atoms with Gasteiger partial charge in [0.2, 0.25) is 0 Å². The summed E-state index contributed by atoms with van der Waals surface area (Å²) in [4.78, 5) is 27.3. The molecule has 2 aromatic rings. The minimum Gasteiger partial charge on any atom is -0.481 e. The second kappa shape index (κ2) is 5.74. The normalized spacial score (nSPS) is 10.6. The topological polar surface area (TPSA) is 96.6 Å². The summed E-state index contributed by atoms with van der Waals surface area (Å²) in [6, 6.07) is 6.57. The van der Waals surface area contributed by atoms with E-state index in [1.807, 2.05) is 0 Å². The van der Waals surface area contributed by atoms with Crippen LogP contribution in [0.1, 0.15) is 12.1 Å². The monoisotopic (exact) mass is 289 g/mol. The molecule has 1 aromatic carbocycles. The van der Waals surface area contributed by atoms with Crippen LogP contribution in [0.25, 0.3) is 10.9 Å². The molecule has 0 atom stereocenters. The fourth-order valence-corrected chi connectivity index (χ4v) is 2.19. The average molecular weight is 289 g/mol. The molecule has 2 rings (SSSR count). The molecule has 0 saturated carbocycles. The van der Waals surface area contributed by atoms with Crippen LogP contribution in [0, 0.1) is 17.0 Å². The van der Waals surface area contributed by atoms with Gasteiger partial charge in [0.25, 0.3) is 5.69 Å². The van der Waals surface area contributed by atoms with Crippen LogP contribution in [-0.4, -0.2) is 34.6 Å². The maximum Gasteiger partial charge on any atom is 0.305 e. The van der Waals surface area contributed by atoms with Gasteiger partial charge in [-0.15, -0.1) is 0 Å². The number of aromatic nitrogens is 1. The third kappa shape index (κ3) is 3.07. The highest BCUT2D eigenvalue weighted by molar-refractivity contribution is 5.97. The first-order valence-electron chi connectivity index (χ1n) is 6.38. The van der Waals surface area contributed by atoms with Crippen molar-refractivity contribution in [1.82, 2.24) is 4.98 Å². The number of rotatable bonds is 5. The summed E-state index contributed by atoms with van der Waals surface area (Å²) in [5.74, 6) is -0.886. The maximum absolute atomic E-state index is 11.1. The van der Waals surface area contributed by atoms with Crippen molar-refractivity contribution in [1.29, 1.82) is 0 Å². The quantitative estimate of drug-likeness (QED) is 0.670. The summed E-state index contributed by atoms with van der Waals surface area (Å²) in [6.45, 7) is 2.07. The maximum atomic E-state index is 11.1. The highest BCUT2D eigenvalue weighted by Gasteiger charge is 2.17. The van der Waals surface area contributed by atoms with Gasteiger partial charge in [-0.3, -0.25) is 14.9 Å². The minimum absolute atomic E-state index is 0.00566. The zero-order valence-corrected chi connectivity index (χ0v) is 11.7. The van der Waals surface area contributed by atoms with Crippen molar-refractivity contribution >= 4 is 28.2 Å². The Kier molecular flexibility index (Phi) is 4.02. The lowest BCUT2D eigenvalue weighted by atomic mass is 10.1. The lowest BCUT2D eigenvalue weighted by molar-refractivity contribution is -0.383. The summed E-state index contributed by atoms with van der Waals surface area (Å²) >= 11 is 0. The van der Waals surface area contributed by atoms with E-state index in [-0.39, 0.29) is 12.1 Å². The number of non-ortho nitro benzene ring substituents is 1. The van der Waals surface area contributed by atoms with Crippen LogP contribution in [0.5, 0.6) is 0 Å². The van der Waals surface area contributed by atoms with E-state index in [2.05, 4.69) is 4.98 Å². The summed E-state index contributed by atoms with van der Waals surface area (Å²) in [7, 11) is 1.76. The number of hydrogen-bond donors (Lipinski definition) is 1. The molecule has 0 amide bonds. The number of aryl methyl sites for hydroxylation is 1. The van der Waals surface area contributed by atoms with E-state index in [0.717, 1.165) is 5.69 Å². The highest BCUT2D eigenvalue weighted by Crippen LogP contribution is 2.31. The number of aliphatic carboxylic acids is 1. The van der Waals surface area contributed by atoms with Crippen molar-refractivity contribution in [2.45, 2.75) is 13.3 Å². The molecule has 110 valence electrons. The van der Waals surface area contributed by atoms with Gasteiger partial charge in [-0.2, -0.15) is 0 Å². The number of carbonyl (C=O) groups is 1. The smallest absolute Gasteiger partial charge is 0.305 e. The number of nitro groups is 1. The van der Waals surface area contributed by atoms with Crippen LogP contribution in [-0.2, 0) is 4.79 Å². The number of nitro benzene ring substituents is 1. The molecule has 0 radical (unpaired) electrons. The Bertz CT molecular complexity index is 715. The van der Waals surface area contributed by atoms with Crippen molar-refractivity contribution in [2.75, 3.05) is 18.5 Å². The van der Waals surface area contributed by atoms with Gasteiger partial charge < -0.3 is 10.0 Å². The Morgan fingerprint density at radius 3 is 2.81 bits per heavy atom. The molecule has 1 heterocycles. The summed E-state index contributed by atoms with van der Waals surface area (Å²) in [5, 5.41) is 20.5. The van der Waals surface area contributed by atoms with Gasteiger partial charge in [0.15, 0.2) is 5.52 Å². The van der Waals surface area contributed by atoms with Crippen molar-refractivity contribution in [3.8, 4) is 0 Å². The first-order valence-corrected chi connectivity index (χ1v) is 6.38. The Balaban J connectivity index is 2.56. The molecule has 0 saturated heterocycles. The van der Waals surface area contributed by atoms with Gasteiger partial charge in [0, 0.05) is 36.4 Å². The molecular formula is C14H15N3O4. The predicted molar refractivity (Wildman–Crippen MR) is 78.7 cm³/mol. The molecule has 21 heavy (non-hydrogen) atoms. The predicted octanol–water partition coefficient (Wildman–Crippen LogP) is 2.36. The number of benzene rings is 1. The highest BCUT2D eigenvalue weighted by atomic mass is 16.6. The van der Waals surface area contributed by atoms with Crippen LogP contribution >= 0.6 is 0 Å². The number of anilines is 1. The number of pyridine rings is 1. The molecular weight excluding hydrogens is 274 g/mol. The molecule has 0 unspecified atom stereocenters. The Morgan fingerprint density at radius 1 is 1.48 bits per heavy atom. The number of carboxylic acids is 1. The molecule has 0 aliphatic carbocycles. The van der Waals surface area contributed by atoms with E-state index in [9.17, 15) is 14.9 Å². The van der Waals surface area contributed by atoms with Gasteiger partial charge >= 0.3 is 5.97 Å². The fourth-order valence-electron chi connectivity index (χ4n) is 2.19. The van der Waals surface area contributed by atoms with Gasteiger partial charge in [-0.25, -0.2) is 4.98 Å². The minimum atomic E-state index is -0.886. The Morgan fingerprint density at radius 2 is 2.19 bits per heavy atom. The van der Waals surface area contributed by atoms with E-state index in [1.165, 1.54) is 6.07 Å². The van der Waals surface area contributed by atoms with Crippen molar-refractivity contribution < 1.29 is 14.8 Å². The van der Waals surface area contributed by atoms with Gasteiger partial charge in [-0.05, 0) is 13.0 Å². The molecule has 0 fully saturated rings. The van der Waals surface area contributed by atoms with Gasteiger partial charge in [-0.1, -0.05) is 12.1 Å². The standard InChI is InChI=1S/C14H15N3O4/c1-9-8-12(16(2)7-6-13(18)19)10-4-3-5-11(17(20)21)14(10)15-9/h3-5,8H,6-7H2,1-2H3,(H,18,19). The van der Waals surface area contributed by atoms with Crippen molar-refractivity contribution in [3.05, 3.63) is 40.1 Å². The molecule has 0 bridgehead atoms. The largest absolute Gasteiger partial charge is 0.481 e. The fraction of sp³-hybridized carbons (Fsp3) is 0.286. The second-order valence-electron chi connectivity index (χ2n) is 4.78. The van der Waals surface area contributed by atoms with Crippen LogP contribution in [0.2, 0.25) is 0 Å². The molecule has 0 aliphatic heterocycles. The van der Waals surface area contributed by atoms with Crippen molar-refractivity contribution in [3.63, 3.8) is 0 Å². The molecule has 7 heteroatoms. The molecule has 1 N–H and O–H groups in total. The van der Waals surface area contributed by atoms with Gasteiger partial charge in [0.1, 0.15) is 0 Å². The van der Waals surface area contributed by atoms with E-state index in [0.29, 0.717) is 23.1 Å². The summed E-state index contributed by atoms with van der Waals surface area (Å²) in [5.41, 5.74) is 1.65. The number of nitrogens with zero attached hydrogens (tertiary/aromatic N) is 3. The summed E-state index contributed by atoms with van der Waals surface area (Å²) < 4.78 is 0. The SMILES string of the molecule is Cc1cc(N(C)CCC(=O)O)c2cccc([N+](=O)[O-])c2n1. The van der Waals surface area contributed by atoms with Crippen LogP contribution in [0.3, 0.4) is 0 Å². The lowest BCUT2D eigenvalue weighted by Crippen LogP contribution is -2.21. The first kappa shape index (κ1) is 14.7. The van der Waals surface area contributed by atoms with Crippen molar-refractivity contribution in [2.24, 2.45) is 0 Å². The summed E-state index contributed by atoms with van der Waals surface area (Å²) in [6.07, 6.45) is -0.00566. The third-order valence-electron chi connectivity index (χ3n) is 3.19. The zero-order valence-electron chi connectivity index (χ0n) is 11.7. The molecule has 0 aliphatic rings. The Labute approximate surface area is 121 Å². The number of hydrogen-bond acceptors (Lipinski definition) is 5. The first-order chi connectivity index (χ1) is 9.90.